The first-order valence-corrected chi connectivity index (χ1v) is 16.0. The molecule has 266 valence electrons. The van der Waals surface area contributed by atoms with E-state index in [4.69, 9.17) is 19.9 Å². The molecule has 3 atom stereocenters. The summed E-state index contributed by atoms with van der Waals surface area (Å²) in [6.45, 7) is 1.39. The summed E-state index contributed by atoms with van der Waals surface area (Å²) in [4.78, 5) is 15.5. The summed E-state index contributed by atoms with van der Waals surface area (Å²) in [7, 11) is 0. The maximum atomic E-state index is 14.1. The standard InChI is InChI=1S/C38H38F6N2O4/c1-27(30-19-32(37(39,40)41)21-33(20-30)38(42,43)44)50-26-36(31-15-9-4-10-16-31)18-17-35(45,25-48-22-28-11-5-2-6-12-28)24-46(36)34(47)49-23-29-13-7-3-8-14-29/h2-16,19-21,27H,17-18,22-26,45H2,1H3/t27-,35-,36?/m1/s1. The van der Waals surface area contributed by atoms with Gasteiger partial charge in [0.15, 0.2) is 0 Å². The van der Waals surface area contributed by atoms with E-state index in [0.717, 1.165) is 11.1 Å². The zero-order valence-electron chi connectivity index (χ0n) is 27.3. The molecule has 1 heterocycles. The van der Waals surface area contributed by atoms with Crippen LogP contribution in [0, 0.1) is 0 Å². The lowest BCUT2D eigenvalue weighted by Gasteiger charge is -2.52. The molecule has 1 aliphatic heterocycles. The van der Waals surface area contributed by atoms with Crippen molar-refractivity contribution in [2.24, 2.45) is 5.73 Å². The molecule has 1 saturated heterocycles. The molecule has 4 aromatic carbocycles. The van der Waals surface area contributed by atoms with Crippen LogP contribution in [0.25, 0.3) is 0 Å². The highest BCUT2D eigenvalue weighted by Crippen LogP contribution is 2.43. The second kappa shape index (κ2) is 15.2. The molecule has 50 heavy (non-hydrogen) atoms. The van der Waals surface area contributed by atoms with Crippen molar-refractivity contribution in [1.82, 2.24) is 4.90 Å². The maximum absolute atomic E-state index is 14.1. The van der Waals surface area contributed by atoms with Crippen LogP contribution in [0.4, 0.5) is 31.1 Å². The summed E-state index contributed by atoms with van der Waals surface area (Å²) in [6, 6.07) is 28.8. The second-order valence-electron chi connectivity index (χ2n) is 12.7. The first kappa shape index (κ1) is 36.9. The first-order chi connectivity index (χ1) is 23.7. The van der Waals surface area contributed by atoms with Crippen LogP contribution in [0.3, 0.4) is 0 Å². The predicted octanol–water partition coefficient (Wildman–Crippen LogP) is 9.04. The van der Waals surface area contributed by atoms with E-state index in [0.29, 0.717) is 30.7 Å². The van der Waals surface area contributed by atoms with Gasteiger partial charge in [0.25, 0.3) is 0 Å². The number of likely N-dealkylation sites (tertiary alicyclic amines) is 1. The number of nitrogens with two attached hydrogens (primary N) is 1. The number of alkyl halides is 6. The molecular formula is C38H38F6N2O4. The van der Waals surface area contributed by atoms with Crippen LogP contribution in [0.2, 0.25) is 0 Å². The van der Waals surface area contributed by atoms with Gasteiger partial charge in [-0.2, -0.15) is 26.3 Å². The highest BCUT2D eigenvalue weighted by Gasteiger charge is 2.51. The van der Waals surface area contributed by atoms with E-state index in [1.54, 1.807) is 54.6 Å². The fraction of sp³-hybridized carbons (Fsp3) is 0.342. The Morgan fingerprint density at radius 2 is 1.28 bits per heavy atom. The number of carbonyl (C=O) groups is 1. The molecule has 6 nitrogen and oxygen atoms in total. The number of halogens is 6. The summed E-state index contributed by atoms with van der Waals surface area (Å²) in [6.07, 6.45) is -11.4. The number of benzene rings is 4. The smallest absolute Gasteiger partial charge is 0.416 e. The van der Waals surface area contributed by atoms with Crippen molar-refractivity contribution in [1.29, 1.82) is 0 Å². The molecule has 0 aromatic heterocycles. The number of amides is 1. The van der Waals surface area contributed by atoms with Crippen LogP contribution in [0.5, 0.6) is 0 Å². The third-order valence-corrected chi connectivity index (χ3v) is 8.92. The molecule has 1 fully saturated rings. The Morgan fingerprint density at radius 1 is 0.760 bits per heavy atom. The van der Waals surface area contributed by atoms with Crippen molar-refractivity contribution in [2.75, 3.05) is 19.8 Å². The monoisotopic (exact) mass is 700 g/mol. The van der Waals surface area contributed by atoms with Crippen molar-refractivity contribution in [3.8, 4) is 0 Å². The SMILES string of the molecule is C[C@@H](OCC1(c2ccccc2)CC[C@](N)(COCc2ccccc2)CN1C(=O)OCc1ccccc1)c1cc(C(F)(F)F)cc(C(F)(F)F)c1. The molecule has 0 spiro atoms. The topological polar surface area (TPSA) is 74.0 Å². The number of rotatable bonds is 11. The minimum atomic E-state index is -5.02. The van der Waals surface area contributed by atoms with E-state index in [1.165, 1.54) is 11.8 Å². The minimum absolute atomic E-state index is 0.0379. The van der Waals surface area contributed by atoms with Crippen LogP contribution >= 0.6 is 0 Å². The fourth-order valence-corrected chi connectivity index (χ4v) is 6.09. The first-order valence-electron chi connectivity index (χ1n) is 16.0. The van der Waals surface area contributed by atoms with Gasteiger partial charge in [0.05, 0.1) is 48.1 Å². The fourth-order valence-electron chi connectivity index (χ4n) is 6.09. The van der Waals surface area contributed by atoms with Gasteiger partial charge in [-0.05, 0) is 60.2 Å². The summed E-state index contributed by atoms with van der Waals surface area (Å²) in [5, 5.41) is 0. The third-order valence-electron chi connectivity index (χ3n) is 8.92. The highest BCUT2D eigenvalue weighted by molar-refractivity contribution is 5.70. The van der Waals surface area contributed by atoms with Crippen molar-refractivity contribution in [2.45, 2.75) is 62.5 Å². The molecule has 4 aromatic rings. The van der Waals surface area contributed by atoms with Crippen molar-refractivity contribution >= 4 is 6.09 Å². The quantitative estimate of drug-likeness (QED) is 0.158. The second-order valence-corrected chi connectivity index (χ2v) is 12.7. The normalized spacial score (nSPS) is 20.4. The molecular weight excluding hydrogens is 662 g/mol. The average molecular weight is 701 g/mol. The number of nitrogens with zero attached hydrogens (tertiary/aromatic N) is 1. The van der Waals surface area contributed by atoms with Gasteiger partial charge in [-0.15, -0.1) is 0 Å². The van der Waals surface area contributed by atoms with Crippen LogP contribution in [0.1, 0.15) is 59.3 Å². The number of piperidine rings is 1. The largest absolute Gasteiger partial charge is 0.445 e. The Hall–Kier alpha value is -4.39. The summed E-state index contributed by atoms with van der Waals surface area (Å²) < 4.78 is 99.9. The molecule has 0 aliphatic carbocycles. The third kappa shape index (κ3) is 9.04. The van der Waals surface area contributed by atoms with Gasteiger partial charge in [-0.1, -0.05) is 91.0 Å². The summed E-state index contributed by atoms with van der Waals surface area (Å²) >= 11 is 0. The number of carbonyl (C=O) groups excluding carboxylic acids is 1. The zero-order valence-corrected chi connectivity index (χ0v) is 27.3. The van der Waals surface area contributed by atoms with E-state index in [2.05, 4.69) is 0 Å². The summed E-state index contributed by atoms with van der Waals surface area (Å²) in [5.41, 5.74) is 3.74. The minimum Gasteiger partial charge on any atom is -0.445 e. The number of hydrogen-bond acceptors (Lipinski definition) is 5. The Kier molecular flexibility index (Phi) is 11.2. The molecule has 0 radical (unpaired) electrons. The van der Waals surface area contributed by atoms with Gasteiger partial charge in [0.1, 0.15) is 6.61 Å². The van der Waals surface area contributed by atoms with Gasteiger partial charge < -0.3 is 19.9 Å². The van der Waals surface area contributed by atoms with E-state index in [-0.39, 0.29) is 44.4 Å². The molecule has 1 unspecified atom stereocenters. The van der Waals surface area contributed by atoms with Crippen LogP contribution in [-0.2, 0) is 45.3 Å². The Morgan fingerprint density at radius 3 is 1.82 bits per heavy atom. The summed E-state index contributed by atoms with van der Waals surface area (Å²) in [5.74, 6) is 0. The Balaban J connectivity index is 1.46. The van der Waals surface area contributed by atoms with Crippen molar-refractivity contribution in [3.63, 3.8) is 0 Å². The number of ether oxygens (including phenoxy) is 3. The molecule has 1 aliphatic rings. The number of hydrogen-bond donors (Lipinski definition) is 1. The molecule has 0 bridgehead atoms. The lowest BCUT2D eigenvalue weighted by atomic mass is 9.75. The van der Waals surface area contributed by atoms with Crippen molar-refractivity contribution < 1.29 is 45.3 Å². The van der Waals surface area contributed by atoms with Gasteiger partial charge in [0, 0.05) is 6.54 Å². The maximum Gasteiger partial charge on any atom is 0.416 e. The Bertz CT molecular complexity index is 1670. The van der Waals surface area contributed by atoms with Crippen LogP contribution < -0.4 is 5.73 Å². The molecule has 2 N–H and O–H groups in total. The van der Waals surface area contributed by atoms with Gasteiger partial charge in [-0.3, -0.25) is 4.90 Å². The lowest BCUT2D eigenvalue weighted by molar-refractivity contribution is -0.143. The van der Waals surface area contributed by atoms with Crippen molar-refractivity contribution in [3.05, 3.63) is 143 Å². The van der Waals surface area contributed by atoms with E-state index in [9.17, 15) is 31.1 Å². The zero-order chi connectivity index (χ0) is 36.0. The van der Waals surface area contributed by atoms with Gasteiger partial charge in [0.2, 0.25) is 0 Å². The highest BCUT2D eigenvalue weighted by atomic mass is 19.4. The molecule has 5 rings (SSSR count). The Labute approximate surface area is 286 Å². The average Bonchev–Trinajstić information content (AvgIpc) is 3.10. The predicted molar refractivity (Wildman–Crippen MR) is 175 cm³/mol. The van der Waals surface area contributed by atoms with E-state index < -0.39 is 46.8 Å². The lowest BCUT2D eigenvalue weighted by Crippen LogP contribution is -2.66. The van der Waals surface area contributed by atoms with Crippen LogP contribution in [-0.4, -0.2) is 36.3 Å². The van der Waals surface area contributed by atoms with Gasteiger partial charge >= 0.3 is 18.4 Å². The molecule has 1 amide bonds. The van der Waals surface area contributed by atoms with E-state index >= 15 is 0 Å². The van der Waals surface area contributed by atoms with Crippen LogP contribution in [0.15, 0.2) is 109 Å². The molecule has 0 saturated carbocycles. The van der Waals surface area contributed by atoms with E-state index in [1.807, 2.05) is 36.4 Å². The van der Waals surface area contributed by atoms with Gasteiger partial charge in [-0.25, -0.2) is 4.79 Å². The molecule has 12 heteroatoms.